The molecular weight excluding hydrogens is 354 g/mol. The van der Waals surface area contributed by atoms with E-state index in [2.05, 4.69) is 15.3 Å². The molecule has 25 heavy (non-hydrogen) atoms. The smallest absolute Gasteiger partial charge is 0.234 e. The Hall–Kier alpha value is -2.37. The largest absolute Gasteiger partial charge is 0.325 e. The van der Waals surface area contributed by atoms with Gasteiger partial charge in [-0.25, -0.2) is 9.97 Å². The molecule has 4 nitrogen and oxygen atoms in total. The van der Waals surface area contributed by atoms with Crippen LogP contribution in [-0.2, 0) is 4.79 Å². The van der Waals surface area contributed by atoms with Gasteiger partial charge in [-0.05, 0) is 30.7 Å². The zero-order valence-electron chi connectivity index (χ0n) is 13.6. The number of halogens is 1. The average Bonchev–Trinajstić information content (AvgIpc) is 2.64. The third-order valence-electron chi connectivity index (χ3n) is 3.54. The van der Waals surface area contributed by atoms with Gasteiger partial charge in [0, 0.05) is 16.3 Å². The van der Waals surface area contributed by atoms with E-state index >= 15 is 0 Å². The van der Waals surface area contributed by atoms with Crippen molar-refractivity contribution in [3.8, 4) is 11.3 Å². The van der Waals surface area contributed by atoms with Crippen LogP contribution in [0.5, 0.6) is 0 Å². The molecule has 0 bridgehead atoms. The maximum atomic E-state index is 12.2. The van der Waals surface area contributed by atoms with Crippen LogP contribution in [0.2, 0.25) is 5.02 Å². The number of benzene rings is 2. The first-order valence-electron chi connectivity index (χ1n) is 7.68. The molecule has 0 unspecified atom stereocenters. The number of thioether (sulfide) groups is 1. The van der Waals surface area contributed by atoms with Crippen molar-refractivity contribution in [2.75, 3.05) is 11.1 Å². The highest BCUT2D eigenvalue weighted by molar-refractivity contribution is 7.99. The van der Waals surface area contributed by atoms with E-state index in [1.165, 1.54) is 18.1 Å². The Bertz CT molecular complexity index is 887. The van der Waals surface area contributed by atoms with Crippen LogP contribution in [0, 0.1) is 6.92 Å². The highest BCUT2D eigenvalue weighted by Crippen LogP contribution is 2.23. The number of hydrogen-bond acceptors (Lipinski definition) is 4. The molecule has 0 aliphatic rings. The van der Waals surface area contributed by atoms with Crippen LogP contribution in [0.4, 0.5) is 5.69 Å². The van der Waals surface area contributed by atoms with Crippen molar-refractivity contribution in [3.63, 3.8) is 0 Å². The summed E-state index contributed by atoms with van der Waals surface area (Å²) in [5.74, 6) is 0.159. The van der Waals surface area contributed by atoms with Crippen molar-refractivity contribution in [1.82, 2.24) is 9.97 Å². The van der Waals surface area contributed by atoms with E-state index < -0.39 is 0 Å². The first-order chi connectivity index (χ1) is 12.1. The lowest BCUT2D eigenvalue weighted by Gasteiger charge is -2.09. The molecule has 0 fully saturated rings. The zero-order chi connectivity index (χ0) is 17.6. The molecule has 3 aromatic rings. The minimum absolute atomic E-state index is 0.102. The number of aryl methyl sites for hydroxylation is 1. The lowest BCUT2D eigenvalue weighted by atomic mass is 10.1. The van der Waals surface area contributed by atoms with Gasteiger partial charge in [-0.3, -0.25) is 4.79 Å². The molecule has 1 N–H and O–H groups in total. The summed E-state index contributed by atoms with van der Waals surface area (Å²) in [4.78, 5) is 20.7. The van der Waals surface area contributed by atoms with Gasteiger partial charge in [-0.2, -0.15) is 0 Å². The molecule has 0 saturated heterocycles. The molecule has 0 spiro atoms. The Morgan fingerprint density at radius 3 is 2.72 bits per heavy atom. The third-order valence-corrected chi connectivity index (χ3v) is 4.70. The number of amides is 1. The lowest BCUT2D eigenvalue weighted by Crippen LogP contribution is -2.15. The minimum atomic E-state index is -0.102. The van der Waals surface area contributed by atoms with E-state index in [-0.39, 0.29) is 11.7 Å². The second kappa shape index (κ2) is 8.14. The standard InChI is InChI=1S/C19H16ClN3OS/c1-13-7-8-15(20)9-16(13)23-18(24)11-25-19-10-17(21-12-22-19)14-5-3-2-4-6-14/h2-10,12H,11H2,1H3,(H,23,24). The summed E-state index contributed by atoms with van der Waals surface area (Å²) in [7, 11) is 0. The number of rotatable bonds is 5. The van der Waals surface area contributed by atoms with E-state index in [0.29, 0.717) is 5.02 Å². The number of nitrogens with one attached hydrogen (secondary N) is 1. The summed E-state index contributed by atoms with van der Waals surface area (Å²) in [6.07, 6.45) is 1.52. The Labute approximate surface area is 155 Å². The Morgan fingerprint density at radius 2 is 1.92 bits per heavy atom. The predicted octanol–water partition coefficient (Wildman–Crippen LogP) is 4.84. The van der Waals surface area contributed by atoms with Gasteiger partial charge >= 0.3 is 0 Å². The van der Waals surface area contributed by atoms with Gasteiger partial charge in [0.25, 0.3) is 0 Å². The van der Waals surface area contributed by atoms with Crippen LogP contribution in [0.25, 0.3) is 11.3 Å². The van der Waals surface area contributed by atoms with Crippen LogP contribution in [0.15, 0.2) is 66.0 Å². The average molecular weight is 370 g/mol. The fourth-order valence-electron chi connectivity index (χ4n) is 2.24. The first kappa shape index (κ1) is 17.5. The van der Waals surface area contributed by atoms with Crippen molar-refractivity contribution in [2.45, 2.75) is 11.9 Å². The second-order valence-corrected chi connectivity index (χ2v) is 6.84. The molecule has 0 saturated carbocycles. The van der Waals surface area contributed by atoms with Crippen LogP contribution in [0.3, 0.4) is 0 Å². The van der Waals surface area contributed by atoms with Gasteiger partial charge in [0.15, 0.2) is 0 Å². The Balaban J connectivity index is 1.63. The predicted molar refractivity (Wildman–Crippen MR) is 103 cm³/mol. The molecule has 126 valence electrons. The number of carbonyl (C=O) groups is 1. The van der Waals surface area contributed by atoms with Gasteiger partial charge in [0.2, 0.25) is 5.91 Å². The monoisotopic (exact) mass is 369 g/mol. The summed E-state index contributed by atoms with van der Waals surface area (Å²) in [5.41, 5.74) is 3.55. The second-order valence-electron chi connectivity index (χ2n) is 5.40. The van der Waals surface area contributed by atoms with Gasteiger partial charge < -0.3 is 5.32 Å². The number of anilines is 1. The molecule has 0 atom stereocenters. The summed E-state index contributed by atoms with van der Waals surface area (Å²) >= 11 is 7.35. The van der Waals surface area contributed by atoms with E-state index in [1.54, 1.807) is 12.1 Å². The molecular formula is C19H16ClN3OS. The van der Waals surface area contributed by atoms with Crippen LogP contribution in [0.1, 0.15) is 5.56 Å². The molecule has 2 aromatic carbocycles. The van der Waals surface area contributed by atoms with Gasteiger partial charge in [0.05, 0.1) is 11.4 Å². The Morgan fingerprint density at radius 1 is 1.12 bits per heavy atom. The molecule has 1 amide bonds. The highest BCUT2D eigenvalue weighted by atomic mass is 35.5. The molecule has 6 heteroatoms. The fraction of sp³-hybridized carbons (Fsp3) is 0.105. The topological polar surface area (TPSA) is 54.9 Å². The van der Waals surface area contributed by atoms with Crippen LogP contribution in [-0.4, -0.2) is 21.6 Å². The van der Waals surface area contributed by atoms with Gasteiger partial charge in [-0.1, -0.05) is 59.8 Å². The summed E-state index contributed by atoms with van der Waals surface area (Å²) in [6.45, 7) is 1.93. The van der Waals surface area contributed by atoms with Crippen molar-refractivity contribution in [2.24, 2.45) is 0 Å². The number of nitrogens with zero attached hydrogens (tertiary/aromatic N) is 2. The summed E-state index contributed by atoms with van der Waals surface area (Å²) < 4.78 is 0. The molecule has 3 rings (SSSR count). The first-order valence-corrected chi connectivity index (χ1v) is 9.04. The number of aromatic nitrogens is 2. The molecule has 0 radical (unpaired) electrons. The lowest BCUT2D eigenvalue weighted by molar-refractivity contribution is -0.113. The van der Waals surface area contributed by atoms with Crippen LogP contribution >= 0.6 is 23.4 Å². The van der Waals surface area contributed by atoms with Crippen molar-refractivity contribution in [1.29, 1.82) is 0 Å². The normalized spacial score (nSPS) is 10.5. The number of hydrogen-bond donors (Lipinski definition) is 1. The van der Waals surface area contributed by atoms with E-state index in [4.69, 9.17) is 11.6 Å². The highest BCUT2D eigenvalue weighted by Gasteiger charge is 2.08. The van der Waals surface area contributed by atoms with E-state index in [0.717, 1.165) is 27.5 Å². The minimum Gasteiger partial charge on any atom is -0.325 e. The van der Waals surface area contributed by atoms with Crippen molar-refractivity contribution >= 4 is 35.0 Å². The maximum absolute atomic E-state index is 12.2. The molecule has 0 aliphatic carbocycles. The zero-order valence-corrected chi connectivity index (χ0v) is 15.1. The summed E-state index contributed by atoms with van der Waals surface area (Å²) in [6, 6.07) is 17.2. The Kier molecular flexibility index (Phi) is 5.68. The van der Waals surface area contributed by atoms with Gasteiger partial charge in [0.1, 0.15) is 11.4 Å². The van der Waals surface area contributed by atoms with E-state index in [9.17, 15) is 4.79 Å². The molecule has 0 aliphatic heterocycles. The maximum Gasteiger partial charge on any atom is 0.234 e. The van der Waals surface area contributed by atoms with E-state index in [1.807, 2.05) is 49.4 Å². The fourth-order valence-corrected chi connectivity index (χ4v) is 3.08. The molecule has 1 heterocycles. The van der Waals surface area contributed by atoms with Crippen LogP contribution < -0.4 is 5.32 Å². The molecule has 1 aromatic heterocycles. The van der Waals surface area contributed by atoms with Crippen molar-refractivity contribution < 1.29 is 4.79 Å². The SMILES string of the molecule is Cc1ccc(Cl)cc1NC(=O)CSc1cc(-c2ccccc2)ncn1. The van der Waals surface area contributed by atoms with Gasteiger partial charge in [-0.15, -0.1) is 0 Å². The third kappa shape index (κ3) is 4.81. The number of carbonyl (C=O) groups excluding carboxylic acids is 1. The quantitative estimate of drug-likeness (QED) is 0.516. The van der Waals surface area contributed by atoms with Crippen molar-refractivity contribution in [3.05, 3.63) is 71.5 Å². The summed E-state index contributed by atoms with van der Waals surface area (Å²) in [5, 5.41) is 4.23.